The lowest BCUT2D eigenvalue weighted by Crippen LogP contribution is -2.22. The summed E-state index contributed by atoms with van der Waals surface area (Å²) in [6.45, 7) is 2.10. The summed E-state index contributed by atoms with van der Waals surface area (Å²) in [5.74, 6) is 2.04. The van der Waals surface area contributed by atoms with Gasteiger partial charge in [0.25, 0.3) is 0 Å². The minimum atomic E-state index is -0.0208. The van der Waals surface area contributed by atoms with Crippen molar-refractivity contribution in [1.29, 1.82) is 0 Å². The fourth-order valence-electron chi connectivity index (χ4n) is 2.79. The SMILES string of the molecule is CCc1cc(Cc2nc(N=C(N)N)c3ccccc3n2)ccc1OC. The molecular formula is C19H21N5O. The van der Waals surface area contributed by atoms with E-state index >= 15 is 0 Å². The van der Waals surface area contributed by atoms with Crippen LogP contribution in [-0.4, -0.2) is 23.0 Å². The van der Waals surface area contributed by atoms with Crippen LogP contribution < -0.4 is 16.2 Å². The van der Waals surface area contributed by atoms with Gasteiger partial charge in [-0.2, -0.15) is 4.99 Å². The van der Waals surface area contributed by atoms with Crippen molar-refractivity contribution < 1.29 is 4.74 Å². The first-order chi connectivity index (χ1) is 12.1. The van der Waals surface area contributed by atoms with Crippen LogP contribution in [-0.2, 0) is 12.8 Å². The molecule has 0 aliphatic heterocycles. The molecule has 0 spiro atoms. The molecule has 6 nitrogen and oxygen atoms in total. The molecule has 0 fully saturated rings. The lowest BCUT2D eigenvalue weighted by molar-refractivity contribution is 0.410. The Kier molecular flexibility index (Phi) is 4.79. The lowest BCUT2D eigenvalue weighted by atomic mass is 10.0. The molecule has 0 aliphatic carbocycles. The van der Waals surface area contributed by atoms with E-state index in [4.69, 9.17) is 16.2 Å². The smallest absolute Gasteiger partial charge is 0.192 e. The molecule has 0 saturated carbocycles. The van der Waals surface area contributed by atoms with E-state index in [9.17, 15) is 0 Å². The third-order valence-corrected chi connectivity index (χ3v) is 3.95. The van der Waals surface area contributed by atoms with Crippen molar-refractivity contribution in [3.05, 3.63) is 59.4 Å². The molecule has 0 aliphatic rings. The normalized spacial score (nSPS) is 10.6. The van der Waals surface area contributed by atoms with E-state index in [1.165, 1.54) is 0 Å². The zero-order valence-corrected chi connectivity index (χ0v) is 14.4. The Morgan fingerprint density at radius 2 is 1.92 bits per heavy atom. The van der Waals surface area contributed by atoms with Crippen LogP contribution in [0.2, 0.25) is 0 Å². The minimum absolute atomic E-state index is 0.0208. The van der Waals surface area contributed by atoms with Crippen LogP contribution in [0.5, 0.6) is 5.75 Å². The maximum absolute atomic E-state index is 5.54. The van der Waals surface area contributed by atoms with Crippen LogP contribution in [0, 0.1) is 0 Å². The number of benzene rings is 2. The van der Waals surface area contributed by atoms with E-state index in [2.05, 4.69) is 28.0 Å². The number of fused-ring (bicyclic) bond motifs is 1. The van der Waals surface area contributed by atoms with Crippen molar-refractivity contribution in [2.45, 2.75) is 19.8 Å². The highest BCUT2D eigenvalue weighted by Crippen LogP contribution is 2.25. The number of hydrogen-bond acceptors (Lipinski definition) is 4. The summed E-state index contributed by atoms with van der Waals surface area (Å²) >= 11 is 0. The van der Waals surface area contributed by atoms with E-state index in [0.29, 0.717) is 18.1 Å². The Morgan fingerprint density at radius 3 is 2.64 bits per heavy atom. The first-order valence-corrected chi connectivity index (χ1v) is 8.11. The zero-order valence-electron chi connectivity index (χ0n) is 14.4. The van der Waals surface area contributed by atoms with Crippen LogP contribution in [0.3, 0.4) is 0 Å². The van der Waals surface area contributed by atoms with Crippen molar-refractivity contribution in [3.63, 3.8) is 0 Å². The largest absolute Gasteiger partial charge is 0.496 e. The molecule has 0 radical (unpaired) electrons. The Labute approximate surface area is 146 Å². The first kappa shape index (κ1) is 16.7. The second-order valence-electron chi connectivity index (χ2n) is 5.69. The highest BCUT2D eigenvalue weighted by atomic mass is 16.5. The Balaban J connectivity index is 2.03. The van der Waals surface area contributed by atoms with E-state index < -0.39 is 0 Å². The van der Waals surface area contributed by atoms with Crippen LogP contribution in [0.1, 0.15) is 23.9 Å². The van der Waals surface area contributed by atoms with Crippen LogP contribution in [0.25, 0.3) is 10.9 Å². The van der Waals surface area contributed by atoms with Crippen molar-refractivity contribution in [3.8, 4) is 5.75 Å². The fourth-order valence-corrected chi connectivity index (χ4v) is 2.79. The summed E-state index contributed by atoms with van der Waals surface area (Å²) < 4.78 is 5.39. The summed E-state index contributed by atoms with van der Waals surface area (Å²) in [5, 5.41) is 0.823. The number of ether oxygens (including phenoxy) is 1. The molecule has 3 rings (SSSR count). The summed E-state index contributed by atoms with van der Waals surface area (Å²) in [6, 6.07) is 13.8. The quantitative estimate of drug-likeness (QED) is 0.551. The molecule has 0 atom stereocenters. The van der Waals surface area contributed by atoms with Gasteiger partial charge in [0.05, 0.1) is 12.6 Å². The summed E-state index contributed by atoms with van der Waals surface area (Å²) in [4.78, 5) is 13.3. The maximum atomic E-state index is 5.54. The van der Waals surface area contributed by atoms with Crippen LogP contribution in [0.15, 0.2) is 47.5 Å². The monoisotopic (exact) mass is 335 g/mol. The molecule has 25 heavy (non-hydrogen) atoms. The number of aromatic nitrogens is 2. The number of nitrogens with two attached hydrogens (primary N) is 2. The second kappa shape index (κ2) is 7.17. The molecule has 0 bridgehead atoms. The first-order valence-electron chi connectivity index (χ1n) is 8.11. The van der Waals surface area contributed by atoms with Crippen molar-refractivity contribution >= 4 is 22.7 Å². The molecule has 1 heterocycles. The van der Waals surface area contributed by atoms with Gasteiger partial charge in [0.15, 0.2) is 11.8 Å². The van der Waals surface area contributed by atoms with Crippen LogP contribution in [0.4, 0.5) is 5.82 Å². The van der Waals surface area contributed by atoms with Crippen molar-refractivity contribution in [2.75, 3.05) is 7.11 Å². The lowest BCUT2D eigenvalue weighted by Gasteiger charge is -2.10. The predicted octanol–water partition coefficient (Wildman–Crippen LogP) is 2.70. The van der Waals surface area contributed by atoms with Crippen molar-refractivity contribution in [1.82, 2.24) is 9.97 Å². The van der Waals surface area contributed by atoms with E-state index in [1.54, 1.807) is 7.11 Å². The Morgan fingerprint density at radius 1 is 1.12 bits per heavy atom. The standard InChI is InChI=1S/C19H21N5O/c1-3-13-10-12(8-9-16(13)25-2)11-17-22-15-7-5-4-6-14(15)18(23-17)24-19(20)21/h4-10H,3,11H2,1-2H3,(H4,20,21,22,23,24). The van der Waals surface area contributed by atoms with Gasteiger partial charge in [-0.3, -0.25) is 0 Å². The van der Waals surface area contributed by atoms with E-state index in [-0.39, 0.29) is 5.96 Å². The Hall–Kier alpha value is -3.15. The van der Waals surface area contributed by atoms with Gasteiger partial charge in [0.1, 0.15) is 11.6 Å². The second-order valence-corrected chi connectivity index (χ2v) is 5.69. The summed E-state index contributed by atoms with van der Waals surface area (Å²) in [6.07, 6.45) is 1.49. The molecule has 6 heteroatoms. The Bertz CT molecular complexity index is 932. The van der Waals surface area contributed by atoms with E-state index in [1.807, 2.05) is 36.4 Å². The average Bonchev–Trinajstić information content (AvgIpc) is 2.61. The molecule has 0 amide bonds. The number of aliphatic imine (C=N–C) groups is 1. The van der Waals surface area contributed by atoms with Gasteiger partial charge in [0, 0.05) is 11.8 Å². The molecule has 3 aromatic rings. The number of rotatable bonds is 5. The molecule has 0 saturated heterocycles. The summed E-state index contributed by atoms with van der Waals surface area (Å²) in [5.41, 5.74) is 14.2. The number of aryl methyl sites for hydroxylation is 1. The zero-order chi connectivity index (χ0) is 17.8. The van der Waals surface area contributed by atoms with Gasteiger partial charge in [0.2, 0.25) is 0 Å². The maximum Gasteiger partial charge on any atom is 0.192 e. The molecule has 4 N–H and O–H groups in total. The number of guanidine groups is 1. The van der Waals surface area contributed by atoms with Crippen molar-refractivity contribution in [2.24, 2.45) is 16.5 Å². The third-order valence-electron chi connectivity index (χ3n) is 3.95. The molecule has 128 valence electrons. The van der Waals surface area contributed by atoms with Gasteiger partial charge < -0.3 is 16.2 Å². The van der Waals surface area contributed by atoms with Gasteiger partial charge in [-0.1, -0.05) is 31.2 Å². The number of nitrogens with zero attached hydrogens (tertiary/aromatic N) is 3. The predicted molar refractivity (Wildman–Crippen MR) is 100 cm³/mol. The summed E-state index contributed by atoms with van der Waals surface area (Å²) in [7, 11) is 1.68. The number of para-hydroxylation sites is 1. The average molecular weight is 335 g/mol. The van der Waals surface area contributed by atoms with Gasteiger partial charge in [-0.05, 0) is 35.7 Å². The highest BCUT2D eigenvalue weighted by Gasteiger charge is 2.09. The van der Waals surface area contributed by atoms with Gasteiger partial charge in [-0.15, -0.1) is 0 Å². The minimum Gasteiger partial charge on any atom is -0.496 e. The fraction of sp³-hybridized carbons (Fsp3) is 0.211. The molecule has 0 unspecified atom stereocenters. The van der Waals surface area contributed by atoms with Gasteiger partial charge >= 0.3 is 0 Å². The third kappa shape index (κ3) is 3.68. The molecular weight excluding hydrogens is 314 g/mol. The number of methoxy groups -OCH3 is 1. The topological polar surface area (TPSA) is 99.4 Å². The number of hydrogen-bond donors (Lipinski definition) is 2. The molecule has 2 aromatic carbocycles. The highest BCUT2D eigenvalue weighted by molar-refractivity contribution is 5.91. The van der Waals surface area contributed by atoms with E-state index in [0.717, 1.165) is 34.2 Å². The van der Waals surface area contributed by atoms with Crippen LogP contribution >= 0.6 is 0 Å². The molecule has 1 aromatic heterocycles. The van der Waals surface area contributed by atoms with Gasteiger partial charge in [-0.25, -0.2) is 9.97 Å².